The van der Waals surface area contributed by atoms with E-state index in [4.69, 9.17) is 0 Å². The first kappa shape index (κ1) is 28.5. The van der Waals surface area contributed by atoms with Crippen LogP contribution in [0, 0.1) is 0 Å². The van der Waals surface area contributed by atoms with Gasteiger partial charge in [-0.15, -0.1) is 11.3 Å². The highest BCUT2D eigenvalue weighted by atomic mass is 32.2. The zero-order valence-corrected chi connectivity index (χ0v) is 20.4. The van der Waals surface area contributed by atoms with E-state index in [9.17, 15) is 47.9 Å². The Balaban J connectivity index is 1.55. The van der Waals surface area contributed by atoms with Gasteiger partial charge in [0, 0.05) is 23.2 Å². The molecule has 4 aromatic rings. The molecule has 0 bridgehead atoms. The molecule has 0 saturated heterocycles. The SMILES string of the molecule is O=S(=O)(Nc1nccs1)c1ccc2nn(Cc3ccc(OC(C(F)(F)F)(C(F)(F)F)C(F)(F)F)cc3)cc2c1. The summed E-state index contributed by atoms with van der Waals surface area (Å²) < 4.78 is 150. The summed E-state index contributed by atoms with van der Waals surface area (Å²) in [5.41, 5.74) is -5.85. The van der Waals surface area contributed by atoms with Crippen LogP contribution in [0.1, 0.15) is 5.56 Å². The highest BCUT2D eigenvalue weighted by Crippen LogP contribution is 2.54. The fourth-order valence-electron chi connectivity index (χ4n) is 3.43. The first-order chi connectivity index (χ1) is 17.9. The molecule has 0 spiro atoms. The average molecular weight is 604 g/mol. The normalized spacial score (nSPS) is 13.6. The van der Waals surface area contributed by atoms with Crippen molar-refractivity contribution in [1.29, 1.82) is 0 Å². The lowest BCUT2D eigenvalue weighted by Crippen LogP contribution is -2.69. The second-order valence-corrected chi connectivity index (χ2v) is 10.5. The number of fused-ring (bicyclic) bond motifs is 1. The third-order valence-corrected chi connectivity index (χ3v) is 7.38. The summed E-state index contributed by atoms with van der Waals surface area (Å²) in [7, 11) is -3.97. The Morgan fingerprint density at radius 1 is 0.897 bits per heavy atom. The lowest BCUT2D eigenvalue weighted by Gasteiger charge is -2.38. The van der Waals surface area contributed by atoms with E-state index in [0.29, 0.717) is 23.0 Å². The second kappa shape index (κ2) is 9.58. The summed E-state index contributed by atoms with van der Waals surface area (Å²) in [6.07, 6.45) is -17.8. The smallest absolute Gasteiger partial charge is 0.447 e. The number of hydrogen-bond acceptors (Lipinski definition) is 6. The van der Waals surface area contributed by atoms with Gasteiger partial charge < -0.3 is 4.74 Å². The van der Waals surface area contributed by atoms with E-state index in [2.05, 4.69) is 19.5 Å². The van der Waals surface area contributed by atoms with Crippen molar-refractivity contribution < 1.29 is 52.7 Å². The maximum absolute atomic E-state index is 13.1. The number of anilines is 1. The number of nitrogens with one attached hydrogen (secondary N) is 1. The molecule has 4 rings (SSSR count). The molecule has 0 atom stereocenters. The van der Waals surface area contributed by atoms with Crippen molar-refractivity contribution in [3.8, 4) is 5.75 Å². The molecule has 0 saturated carbocycles. The molecular formula is C21H13F9N4O3S2. The Bertz CT molecular complexity index is 1530. The van der Waals surface area contributed by atoms with Gasteiger partial charge in [-0.05, 0) is 35.9 Å². The van der Waals surface area contributed by atoms with Gasteiger partial charge in [-0.3, -0.25) is 9.40 Å². The minimum Gasteiger partial charge on any atom is -0.462 e. The van der Waals surface area contributed by atoms with Gasteiger partial charge in [0.1, 0.15) is 5.75 Å². The summed E-state index contributed by atoms with van der Waals surface area (Å²) >= 11 is 1.07. The maximum Gasteiger partial charge on any atom is 0.447 e. The number of rotatable bonds is 7. The predicted molar refractivity (Wildman–Crippen MR) is 120 cm³/mol. The van der Waals surface area contributed by atoms with Gasteiger partial charge in [-0.1, -0.05) is 12.1 Å². The number of halogens is 9. The molecule has 2 heterocycles. The van der Waals surface area contributed by atoms with Gasteiger partial charge >= 0.3 is 24.1 Å². The molecule has 39 heavy (non-hydrogen) atoms. The van der Waals surface area contributed by atoms with Crippen LogP contribution in [0.2, 0.25) is 0 Å². The molecule has 2 aromatic carbocycles. The van der Waals surface area contributed by atoms with E-state index in [0.717, 1.165) is 23.5 Å². The van der Waals surface area contributed by atoms with E-state index in [-0.39, 0.29) is 22.1 Å². The Hall–Kier alpha value is -3.54. The zero-order valence-electron chi connectivity index (χ0n) is 18.8. The van der Waals surface area contributed by atoms with Crippen molar-refractivity contribution in [2.24, 2.45) is 0 Å². The van der Waals surface area contributed by atoms with Crippen molar-refractivity contribution >= 4 is 37.4 Å². The van der Waals surface area contributed by atoms with Gasteiger partial charge in [0.2, 0.25) is 0 Å². The van der Waals surface area contributed by atoms with Crippen LogP contribution >= 0.6 is 11.3 Å². The van der Waals surface area contributed by atoms with Crippen molar-refractivity contribution in [3.63, 3.8) is 0 Å². The standard InChI is InChI=1S/C21H13F9N4O3S2/c22-19(23,24)18(20(25,26)27,21(28,29)30)37-14-3-1-12(2-4-14)10-34-11-13-9-15(5-6-16(13)32-34)39(35,36)33-17-31-7-8-38-17/h1-9,11H,10H2,(H,31,33). The molecule has 18 heteroatoms. The molecule has 0 aliphatic heterocycles. The number of thiazole rings is 1. The summed E-state index contributed by atoms with van der Waals surface area (Å²) in [6.45, 7) is -0.114. The quantitative estimate of drug-likeness (QED) is 0.256. The molecule has 7 nitrogen and oxygen atoms in total. The molecule has 210 valence electrons. The van der Waals surface area contributed by atoms with Crippen molar-refractivity contribution in [2.75, 3.05) is 4.72 Å². The number of sulfonamides is 1. The fraction of sp³-hybridized carbons (Fsp3) is 0.238. The number of ether oxygens (including phenoxy) is 1. The lowest BCUT2D eigenvalue weighted by molar-refractivity contribution is -0.436. The fourth-order valence-corrected chi connectivity index (χ4v) is 5.26. The van der Waals surface area contributed by atoms with Gasteiger partial charge in [0.05, 0.1) is 17.0 Å². The van der Waals surface area contributed by atoms with Crippen LogP contribution in [0.5, 0.6) is 5.75 Å². The molecule has 0 radical (unpaired) electrons. The Morgan fingerprint density at radius 3 is 2.05 bits per heavy atom. The predicted octanol–water partition coefficient (Wildman–Crippen LogP) is 6.15. The van der Waals surface area contributed by atoms with Gasteiger partial charge in [0.25, 0.3) is 10.0 Å². The first-order valence-electron chi connectivity index (χ1n) is 10.3. The van der Waals surface area contributed by atoms with Crippen LogP contribution in [0.25, 0.3) is 10.9 Å². The summed E-state index contributed by atoms with van der Waals surface area (Å²) in [4.78, 5) is 3.73. The monoisotopic (exact) mass is 604 g/mol. The second-order valence-electron chi connectivity index (χ2n) is 7.91. The third kappa shape index (κ3) is 5.47. The summed E-state index contributed by atoms with van der Waals surface area (Å²) in [5.74, 6) is -1.32. The molecule has 0 unspecified atom stereocenters. The van der Waals surface area contributed by atoms with E-state index in [1.54, 1.807) is 5.38 Å². The van der Waals surface area contributed by atoms with E-state index >= 15 is 0 Å². The minimum absolute atomic E-state index is 0.103. The highest BCUT2D eigenvalue weighted by molar-refractivity contribution is 7.93. The third-order valence-electron chi connectivity index (χ3n) is 5.22. The number of hydrogen-bond donors (Lipinski definition) is 1. The first-order valence-corrected chi connectivity index (χ1v) is 12.7. The number of benzene rings is 2. The Labute approximate surface area is 216 Å². The number of aromatic nitrogens is 3. The van der Waals surface area contributed by atoms with Crippen LogP contribution in [-0.4, -0.2) is 47.3 Å². The number of nitrogens with zero attached hydrogens (tertiary/aromatic N) is 3. The number of alkyl halides is 9. The molecule has 0 amide bonds. The summed E-state index contributed by atoms with van der Waals surface area (Å²) in [6, 6.07) is 7.00. The van der Waals surface area contributed by atoms with Crippen molar-refractivity contribution in [3.05, 3.63) is 65.8 Å². The molecule has 0 aliphatic carbocycles. The van der Waals surface area contributed by atoms with E-state index in [1.807, 2.05) is 0 Å². The molecule has 0 fully saturated rings. The summed E-state index contributed by atoms with van der Waals surface area (Å²) in [5, 5.41) is 6.30. The topological polar surface area (TPSA) is 86.1 Å². The Kier molecular flexibility index (Phi) is 6.99. The molecule has 1 N–H and O–H groups in total. The van der Waals surface area contributed by atoms with E-state index in [1.165, 1.54) is 35.3 Å². The van der Waals surface area contributed by atoms with Gasteiger partial charge in [0.15, 0.2) is 5.13 Å². The molecular weight excluding hydrogens is 591 g/mol. The van der Waals surface area contributed by atoms with Crippen LogP contribution in [-0.2, 0) is 16.6 Å². The van der Waals surface area contributed by atoms with Crippen LogP contribution in [0.15, 0.2) is 65.1 Å². The average Bonchev–Trinajstić information content (AvgIpc) is 3.44. The zero-order chi connectivity index (χ0) is 28.9. The molecule has 2 aromatic heterocycles. The van der Waals surface area contributed by atoms with Gasteiger partial charge in [-0.2, -0.15) is 44.6 Å². The van der Waals surface area contributed by atoms with Crippen molar-refractivity contribution in [1.82, 2.24) is 14.8 Å². The highest BCUT2D eigenvalue weighted by Gasteiger charge is 2.87. The Morgan fingerprint density at radius 2 is 1.51 bits per heavy atom. The van der Waals surface area contributed by atoms with Crippen LogP contribution < -0.4 is 9.46 Å². The maximum atomic E-state index is 13.1. The van der Waals surface area contributed by atoms with Crippen LogP contribution in [0.3, 0.4) is 0 Å². The van der Waals surface area contributed by atoms with Crippen LogP contribution in [0.4, 0.5) is 44.6 Å². The molecule has 0 aliphatic rings. The largest absolute Gasteiger partial charge is 0.462 e. The lowest BCUT2D eigenvalue weighted by atomic mass is 10.0. The van der Waals surface area contributed by atoms with Gasteiger partial charge in [-0.25, -0.2) is 13.4 Å². The minimum atomic E-state index is -6.86. The van der Waals surface area contributed by atoms with Crippen molar-refractivity contribution in [2.45, 2.75) is 35.6 Å². The van der Waals surface area contributed by atoms with E-state index < -0.39 is 39.9 Å².